The SMILES string of the molecule is COc1ccc2[nH]c3c(c2c1)CCC[C@@H]3NC(=O)C[C@@H](c1ccc(O)c(OC)c1)c1oc(C)cc(=O)c1O. The van der Waals surface area contributed by atoms with E-state index in [9.17, 15) is 19.8 Å². The third-order valence-electron chi connectivity index (χ3n) is 7.13. The van der Waals surface area contributed by atoms with E-state index in [0.717, 1.165) is 47.2 Å². The molecular formula is C29H30N2O7. The van der Waals surface area contributed by atoms with E-state index in [2.05, 4.69) is 10.3 Å². The van der Waals surface area contributed by atoms with Crippen molar-refractivity contribution in [3.05, 3.63) is 81.0 Å². The summed E-state index contributed by atoms with van der Waals surface area (Å²) in [4.78, 5) is 29.3. The molecule has 0 unspecified atom stereocenters. The van der Waals surface area contributed by atoms with Crippen LogP contribution in [-0.4, -0.2) is 35.3 Å². The van der Waals surface area contributed by atoms with Gasteiger partial charge in [0, 0.05) is 29.1 Å². The third kappa shape index (κ3) is 4.67. The Morgan fingerprint density at radius 1 is 1.16 bits per heavy atom. The molecule has 0 saturated carbocycles. The highest BCUT2D eigenvalue weighted by atomic mass is 16.5. The number of aryl methyl sites for hydroxylation is 2. The summed E-state index contributed by atoms with van der Waals surface area (Å²) in [6.45, 7) is 1.60. The zero-order valence-electron chi connectivity index (χ0n) is 21.5. The van der Waals surface area contributed by atoms with Gasteiger partial charge in [0.15, 0.2) is 17.3 Å². The van der Waals surface area contributed by atoms with Crippen molar-refractivity contribution in [1.29, 1.82) is 0 Å². The molecule has 1 aliphatic carbocycles. The van der Waals surface area contributed by atoms with Gasteiger partial charge in [0.05, 0.1) is 26.2 Å². The Morgan fingerprint density at radius 2 is 1.97 bits per heavy atom. The number of carbonyl (C=O) groups excluding carboxylic acids is 1. The lowest BCUT2D eigenvalue weighted by Gasteiger charge is -2.25. The van der Waals surface area contributed by atoms with Crippen LogP contribution in [0.1, 0.15) is 59.6 Å². The number of aromatic hydroxyl groups is 2. The first kappa shape index (κ1) is 25.3. The van der Waals surface area contributed by atoms with E-state index in [1.165, 1.54) is 19.2 Å². The predicted octanol–water partition coefficient (Wildman–Crippen LogP) is 4.57. The Kier molecular flexibility index (Phi) is 6.75. The Hall–Kier alpha value is -4.40. The quantitative estimate of drug-likeness (QED) is 0.281. The fourth-order valence-corrected chi connectivity index (χ4v) is 5.29. The minimum Gasteiger partial charge on any atom is -0.504 e. The van der Waals surface area contributed by atoms with E-state index in [0.29, 0.717) is 11.3 Å². The zero-order chi connectivity index (χ0) is 27.0. The number of phenols is 1. The van der Waals surface area contributed by atoms with Gasteiger partial charge in [-0.25, -0.2) is 0 Å². The molecule has 0 spiro atoms. The number of methoxy groups -OCH3 is 2. The van der Waals surface area contributed by atoms with Gasteiger partial charge in [0.2, 0.25) is 17.1 Å². The van der Waals surface area contributed by atoms with Crippen molar-refractivity contribution < 1.29 is 28.9 Å². The number of benzene rings is 2. The largest absolute Gasteiger partial charge is 0.504 e. The molecule has 2 aromatic carbocycles. The summed E-state index contributed by atoms with van der Waals surface area (Å²) in [5, 5.41) is 24.9. The van der Waals surface area contributed by atoms with Gasteiger partial charge in [-0.3, -0.25) is 9.59 Å². The summed E-state index contributed by atoms with van der Waals surface area (Å²) >= 11 is 0. The standard InChI is InChI=1S/C29H30N2O7/c1-15-11-24(33)28(35)29(38-15)19(16-7-10-23(32)25(12-16)37-3)14-26(34)30-22-6-4-5-18-20-13-17(36-2)8-9-21(20)31-27(18)22/h7-13,19,22,31-32,35H,4-6,14H2,1-3H3,(H,30,34)/t19-,22-/m0/s1. The number of aromatic nitrogens is 1. The van der Waals surface area contributed by atoms with E-state index < -0.39 is 17.1 Å². The van der Waals surface area contributed by atoms with Gasteiger partial charge < -0.3 is 34.4 Å². The van der Waals surface area contributed by atoms with Crippen LogP contribution in [-0.2, 0) is 11.2 Å². The molecule has 2 atom stereocenters. The molecule has 9 nitrogen and oxygen atoms in total. The molecule has 0 bridgehead atoms. The minimum absolute atomic E-state index is 0.0140. The van der Waals surface area contributed by atoms with Gasteiger partial charge in [-0.2, -0.15) is 0 Å². The van der Waals surface area contributed by atoms with Crippen molar-refractivity contribution in [2.75, 3.05) is 14.2 Å². The van der Waals surface area contributed by atoms with Gasteiger partial charge in [-0.1, -0.05) is 6.07 Å². The minimum atomic E-state index is -0.799. The molecule has 0 saturated heterocycles. The smallest absolute Gasteiger partial charge is 0.227 e. The van der Waals surface area contributed by atoms with Crippen LogP contribution in [0.3, 0.4) is 0 Å². The first-order valence-electron chi connectivity index (χ1n) is 12.5. The second kappa shape index (κ2) is 10.2. The molecule has 38 heavy (non-hydrogen) atoms. The number of aromatic amines is 1. The number of H-pyrrole nitrogens is 1. The number of fused-ring (bicyclic) bond motifs is 3. The summed E-state index contributed by atoms with van der Waals surface area (Å²) in [7, 11) is 3.05. The van der Waals surface area contributed by atoms with Crippen LogP contribution >= 0.6 is 0 Å². The fraction of sp³-hybridized carbons (Fsp3) is 0.310. The molecule has 9 heteroatoms. The molecule has 0 fully saturated rings. The van der Waals surface area contributed by atoms with E-state index in [-0.39, 0.29) is 35.6 Å². The number of ether oxygens (including phenoxy) is 2. The number of hydrogen-bond acceptors (Lipinski definition) is 7. The summed E-state index contributed by atoms with van der Waals surface area (Å²) < 4.78 is 16.4. The van der Waals surface area contributed by atoms with Crippen molar-refractivity contribution in [2.45, 2.75) is 44.6 Å². The molecule has 4 aromatic rings. The lowest BCUT2D eigenvalue weighted by Crippen LogP contribution is -2.32. The lowest BCUT2D eigenvalue weighted by atomic mass is 9.89. The van der Waals surface area contributed by atoms with Crippen molar-refractivity contribution >= 4 is 16.8 Å². The maximum Gasteiger partial charge on any atom is 0.227 e. The van der Waals surface area contributed by atoms with Crippen LogP contribution in [0.4, 0.5) is 0 Å². The molecular weight excluding hydrogens is 488 g/mol. The maximum atomic E-state index is 13.5. The van der Waals surface area contributed by atoms with Crippen LogP contribution in [0.25, 0.3) is 10.9 Å². The van der Waals surface area contributed by atoms with Gasteiger partial charge in [-0.15, -0.1) is 0 Å². The van der Waals surface area contributed by atoms with Crippen LogP contribution in [0.5, 0.6) is 23.0 Å². The average molecular weight is 519 g/mol. The van der Waals surface area contributed by atoms with Crippen molar-refractivity contribution in [1.82, 2.24) is 10.3 Å². The number of hydrogen-bond donors (Lipinski definition) is 4. The third-order valence-corrected chi connectivity index (χ3v) is 7.13. The van der Waals surface area contributed by atoms with E-state index in [1.807, 2.05) is 18.2 Å². The number of phenolic OH excluding ortho intramolecular Hbond substituents is 1. The first-order valence-corrected chi connectivity index (χ1v) is 12.5. The fourth-order valence-electron chi connectivity index (χ4n) is 5.29. The van der Waals surface area contributed by atoms with Crippen molar-refractivity contribution in [2.24, 2.45) is 0 Å². The Labute approximate surface area is 219 Å². The van der Waals surface area contributed by atoms with Crippen LogP contribution in [0.2, 0.25) is 0 Å². The average Bonchev–Trinajstić information content (AvgIpc) is 3.29. The Balaban J connectivity index is 1.47. The summed E-state index contributed by atoms with van der Waals surface area (Å²) in [5.41, 5.74) is 3.07. The summed E-state index contributed by atoms with van der Waals surface area (Å²) in [6, 6.07) is 11.5. The number of rotatable bonds is 7. The second-order valence-electron chi connectivity index (χ2n) is 9.56. The predicted molar refractivity (Wildman–Crippen MR) is 141 cm³/mol. The Bertz CT molecular complexity index is 1570. The first-order chi connectivity index (χ1) is 18.3. The van der Waals surface area contributed by atoms with Crippen LogP contribution < -0.4 is 20.2 Å². The monoisotopic (exact) mass is 518 g/mol. The normalized spacial score (nSPS) is 15.6. The number of amides is 1. The topological polar surface area (TPSA) is 134 Å². The lowest BCUT2D eigenvalue weighted by molar-refractivity contribution is -0.122. The van der Waals surface area contributed by atoms with Gasteiger partial charge in [0.25, 0.3) is 0 Å². The van der Waals surface area contributed by atoms with Crippen LogP contribution in [0, 0.1) is 6.92 Å². The maximum absolute atomic E-state index is 13.5. The van der Waals surface area contributed by atoms with Gasteiger partial charge >= 0.3 is 0 Å². The van der Waals surface area contributed by atoms with Crippen LogP contribution in [0.15, 0.2) is 51.7 Å². The highest BCUT2D eigenvalue weighted by Gasteiger charge is 2.30. The molecule has 4 N–H and O–H groups in total. The zero-order valence-corrected chi connectivity index (χ0v) is 21.5. The summed E-state index contributed by atoms with van der Waals surface area (Å²) in [5.74, 6) is -0.425. The molecule has 1 amide bonds. The molecule has 2 aromatic heterocycles. The van der Waals surface area contributed by atoms with Gasteiger partial charge in [-0.05, 0) is 67.6 Å². The van der Waals surface area contributed by atoms with E-state index in [4.69, 9.17) is 13.9 Å². The highest BCUT2D eigenvalue weighted by molar-refractivity contribution is 5.87. The number of nitrogens with one attached hydrogen (secondary N) is 2. The molecule has 2 heterocycles. The van der Waals surface area contributed by atoms with Crippen molar-refractivity contribution in [3.63, 3.8) is 0 Å². The molecule has 1 aliphatic rings. The second-order valence-corrected chi connectivity index (χ2v) is 9.56. The van der Waals surface area contributed by atoms with E-state index >= 15 is 0 Å². The molecule has 0 radical (unpaired) electrons. The number of carbonyl (C=O) groups is 1. The molecule has 5 rings (SSSR count). The Morgan fingerprint density at radius 3 is 2.74 bits per heavy atom. The molecule has 0 aliphatic heterocycles. The molecule has 198 valence electrons. The van der Waals surface area contributed by atoms with E-state index in [1.54, 1.807) is 26.2 Å². The van der Waals surface area contributed by atoms with Crippen molar-refractivity contribution in [3.8, 4) is 23.0 Å². The highest BCUT2D eigenvalue weighted by Crippen LogP contribution is 2.39. The van der Waals surface area contributed by atoms with Gasteiger partial charge in [0.1, 0.15) is 11.5 Å². The summed E-state index contributed by atoms with van der Waals surface area (Å²) in [6.07, 6.45) is 2.47.